The van der Waals surface area contributed by atoms with E-state index >= 15 is 0 Å². The Labute approximate surface area is 146 Å². The van der Waals surface area contributed by atoms with Gasteiger partial charge in [-0.1, -0.05) is 5.92 Å². The first kappa shape index (κ1) is 17.3. The van der Waals surface area contributed by atoms with Crippen LogP contribution in [0.2, 0.25) is 0 Å². The molecule has 2 amide bonds. The third-order valence-corrected chi connectivity index (χ3v) is 4.70. The van der Waals surface area contributed by atoms with Gasteiger partial charge in [-0.2, -0.15) is 0 Å². The van der Waals surface area contributed by atoms with E-state index in [1.165, 1.54) is 7.11 Å². The van der Waals surface area contributed by atoms with E-state index in [0.29, 0.717) is 12.1 Å². The molecule has 3 atom stereocenters. The number of hydrogen-bond acceptors (Lipinski definition) is 5. The van der Waals surface area contributed by atoms with E-state index < -0.39 is 12.0 Å². The van der Waals surface area contributed by atoms with Crippen molar-refractivity contribution in [2.75, 3.05) is 14.2 Å². The van der Waals surface area contributed by atoms with Gasteiger partial charge in [0.2, 0.25) is 0 Å². The zero-order chi connectivity index (χ0) is 18.3. The quantitative estimate of drug-likeness (QED) is 0.471. The number of fused-ring (bicyclic) bond motifs is 1. The summed E-state index contributed by atoms with van der Waals surface area (Å²) in [4.78, 5) is 27.4. The molecule has 132 valence electrons. The lowest BCUT2D eigenvalue weighted by molar-refractivity contribution is -0.140. The first-order valence-corrected chi connectivity index (χ1v) is 8.01. The molecule has 0 spiro atoms. The maximum absolute atomic E-state index is 12.8. The summed E-state index contributed by atoms with van der Waals surface area (Å²) in [6, 6.07) is -1.01. The summed E-state index contributed by atoms with van der Waals surface area (Å²) in [6.45, 7) is 3.88. The molecule has 1 saturated heterocycles. The molecule has 7 nitrogen and oxygen atoms in total. The van der Waals surface area contributed by atoms with Gasteiger partial charge in [0.05, 0.1) is 12.8 Å². The Morgan fingerprint density at radius 3 is 2.80 bits per heavy atom. The zero-order valence-electron chi connectivity index (χ0n) is 14.7. The fourth-order valence-corrected chi connectivity index (χ4v) is 2.88. The number of urea groups is 1. The molecule has 0 aromatic heterocycles. The number of carbonyl (C=O) groups excluding carboxylic acids is 2. The first-order chi connectivity index (χ1) is 11.8. The van der Waals surface area contributed by atoms with Crippen molar-refractivity contribution >= 4 is 12.0 Å². The van der Waals surface area contributed by atoms with Gasteiger partial charge in [0.1, 0.15) is 12.1 Å². The lowest BCUT2D eigenvalue weighted by Gasteiger charge is -2.26. The average molecular weight is 343 g/mol. The van der Waals surface area contributed by atoms with E-state index in [0.717, 1.165) is 16.8 Å². The minimum atomic E-state index is -0.846. The van der Waals surface area contributed by atoms with E-state index in [1.807, 2.05) is 19.9 Å². The lowest BCUT2D eigenvalue weighted by Crippen LogP contribution is -2.40. The van der Waals surface area contributed by atoms with Crippen LogP contribution in [-0.2, 0) is 14.3 Å². The molecule has 7 heteroatoms. The fraction of sp³-hybridized carbons (Fsp3) is 0.444. The van der Waals surface area contributed by atoms with Gasteiger partial charge in [0.25, 0.3) is 0 Å². The molecule has 0 aromatic carbocycles. The summed E-state index contributed by atoms with van der Waals surface area (Å²) in [5.41, 5.74) is 9.00. The number of amides is 2. The largest absolute Gasteiger partial charge is 0.468 e. The van der Waals surface area contributed by atoms with E-state index in [4.69, 9.17) is 10.5 Å². The molecule has 2 N–H and O–H groups in total. The second-order valence-corrected chi connectivity index (χ2v) is 6.21. The van der Waals surface area contributed by atoms with Crippen LogP contribution < -0.4 is 5.73 Å². The number of epoxide rings is 1. The Bertz CT molecular complexity index is 784. The van der Waals surface area contributed by atoms with E-state index in [9.17, 15) is 9.59 Å². The van der Waals surface area contributed by atoms with Gasteiger partial charge in [-0.3, -0.25) is 9.69 Å². The highest BCUT2D eigenvalue weighted by molar-refractivity contribution is 5.81. The highest BCUT2D eigenvalue weighted by atomic mass is 16.6. The molecule has 2 aliphatic heterocycles. The predicted molar refractivity (Wildman–Crippen MR) is 90.6 cm³/mol. The highest BCUT2D eigenvalue weighted by Gasteiger charge is 2.52. The van der Waals surface area contributed by atoms with Crippen LogP contribution in [0.25, 0.3) is 0 Å². The lowest BCUT2D eigenvalue weighted by atomic mass is 10.0. The van der Waals surface area contributed by atoms with Crippen LogP contribution in [0.1, 0.15) is 20.3 Å². The van der Waals surface area contributed by atoms with Gasteiger partial charge in [-0.25, -0.2) is 4.79 Å². The van der Waals surface area contributed by atoms with Crippen molar-refractivity contribution in [2.24, 2.45) is 5.73 Å². The van der Waals surface area contributed by atoms with Crippen molar-refractivity contribution in [1.29, 1.82) is 0 Å². The summed E-state index contributed by atoms with van der Waals surface area (Å²) < 4.78 is 10.3. The SMILES string of the molecule is COC(=O)[C@@H](N)/C=C1/C#CC(N2C(=O)N(C)C(C)=C(C)C3OC32)=CC1. The van der Waals surface area contributed by atoms with Gasteiger partial charge in [0, 0.05) is 24.7 Å². The smallest absolute Gasteiger partial charge is 0.331 e. The molecular formula is C18H21N3O4. The highest BCUT2D eigenvalue weighted by Crippen LogP contribution is 2.39. The number of hydrogen-bond donors (Lipinski definition) is 1. The summed E-state index contributed by atoms with van der Waals surface area (Å²) >= 11 is 0. The van der Waals surface area contributed by atoms with Crippen LogP contribution >= 0.6 is 0 Å². The Morgan fingerprint density at radius 2 is 2.20 bits per heavy atom. The summed E-state index contributed by atoms with van der Waals surface area (Å²) in [6.07, 6.45) is 3.53. The Kier molecular flexibility index (Phi) is 4.41. The zero-order valence-corrected chi connectivity index (χ0v) is 14.7. The molecule has 0 aromatic rings. The standard InChI is InChI=1S/C18H21N3O4/c1-10-11(2)20(3)18(23)21(16-15(10)25-16)13-7-5-12(6-8-13)9-14(19)17(22)24-4/h7,9,14-16H,5,19H2,1-4H3/b12-9+/t14-,15?,16?/m0/s1. The average Bonchev–Trinajstić information content (AvgIpc) is 3.40. The number of esters is 1. The van der Waals surface area contributed by atoms with Crippen LogP contribution in [0, 0.1) is 11.8 Å². The van der Waals surface area contributed by atoms with Crippen molar-refractivity contribution in [1.82, 2.24) is 9.80 Å². The number of carbonyl (C=O) groups is 2. The third-order valence-electron chi connectivity index (χ3n) is 4.70. The molecule has 2 unspecified atom stereocenters. The first-order valence-electron chi connectivity index (χ1n) is 8.01. The monoisotopic (exact) mass is 343 g/mol. The van der Waals surface area contributed by atoms with Crippen molar-refractivity contribution < 1.29 is 19.1 Å². The number of nitrogens with zero attached hydrogens (tertiary/aromatic N) is 2. The molecule has 3 aliphatic rings. The maximum atomic E-state index is 12.8. The number of methoxy groups -OCH3 is 1. The Morgan fingerprint density at radius 1 is 1.48 bits per heavy atom. The van der Waals surface area contributed by atoms with Crippen molar-refractivity contribution in [3.63, 3.8) is 0 Å². The second kappa shape index (κ2) is 6.39. The fourth-order valence-electron chi connectivity index (χ4n) is 2.88. The van der Waals surface area contributed by atoms with Crippen LogP contribution in [0.4, 0.5) is 4.79 Å². The molecule has 3 rings (SSSR count). The molecule has 25 heavy (non-hydrogen) atoms. The van der Waals surface area contributed by atoms with Crippen LogP contribution in [0.5, 0.6) is 0 Å². The van der Waals surface area contributed by atoms with Crippen LogP contribution in [-0.4, -0.2) is 54.3 Å². The molecule has 0 saturated carbocycles. The Hall–Kier alpha value is -2.56. The summed E-state index contributed by atoms with van der Waals surface area (Å²) in [5.74, 6) is 5.43. The minimum Gasteiger partial charge on any atom is -0.468 e. The van der Waals surface area contributed by atoms with E-state index in [2.05, 4.69) is 16.6 Å². The van der Waals surface area contributed by atoms with Gasteiger partial charge >= 0.3 is 12.0 Å². The number of nitrogens with two attached hydrogens (primary N) is 1. The third kappa shape index (κ3) is 3.06. The van der Waals surface area contributed by atoms with Gasteiger partial charge < -0.3 is 20.1 Å². The van der Waals surface area contributed by atoms with E-state index in [1.54, 1.807) is 22.9 Å². The summed E-state index contributed by atoms with van der Waals surface area (Å²) in [5, 5.41) is 0. The maximum Gasteiger partial charge on any atom is 0.331 e. The molecule has 1 fully saturated rings. The minimum absolute atomic E-state index is 0.0821. The van der Waals surface area contributed by atoms with Gasteiger partial charge in [-0.15, -0.1) is 0 Å². The summed E-state index contributed by atoms with van der Waals surface area (Å²) in [7, 11) is 3.03. The van der Waals surface area contributed by atoms with Crippen molar-refractivity contribution in [3.8, 4) is 11.8 Å². The van der Waals surface area contributed by atoms with Crippen LogP contribution in [0.15, 0.2) is 34.7 Å². The van der Waals surface area contributed by atoms with E-state index in [-0.39, 0.29) is 18.4 Å². The molecule has 1 aliphatic carbocycles. The number of allylic oxidation sites excluding steroid dienone is 4. The topological polar surface area (TPSA) is 88.4 Å². The molecular weight excluding hydrogens is 322 g/mol. The number of rotatable bonds is 3. The Balaban J connectivity index is 1.80. The van der Waals surface area contributed by atoms with Crippen LogP contribution in [0.3, 0.4) is 0 Å². The molecule has 0 radical (unpaired) electrons. The van der Waals surface area contributed by atoms with Gasteiger partial charge in [-0.05, 0) is 37.5 Å². The predicted octanol–water partition coefficient (Wildman–Crippen LogP) is 1.09. The van der Waals surface area contributed by atoms with Crippen molar-refractivity contribution in [2.45, 2.75) is 38.6 Å². The molecule has 2 heterocycles. The normalized spacial score (nSPS) is 28.0. The second-order valence-electron chi connectivity index (χ2n) is 6.21. The van der Waals surface area contributed by atoms with Crippen molar-refractivity contribution in [3.05, 3.63) is 34.7 Å². The molecule has 0 bridgehead atoms. The number of ether oxygens (including phenoxy) is 2. The van der Waals surface area contributed by atoms with Gasteiger partial charge in [0.15, 0.2) is 6.23 Å².